The molecule has 2 atom stereocenters. The quantitative estimate of drug-likeness (QED) is 0.851. The summed E-state index contributed by atoms with van der Waals surface area (Å²) in [6.07, 6.45) is 3.81. The van der Waals surface area contributed by atoms with Crippen molar-refractivity contribution in [3.05, 3.63) is 0 Å². The highest BCUT2D eigenvalue weighted by molar-refractivity contribution is 7.85. The second-order valence-electron chi connectivity index (χ2n) is 6.10. The van der Waals surface area contributed by atoms with Gasteiger partial charge in [-0.2, -0.15) is 0 Å². The third-order valence-corrected chi connectivity index (χ3v) is 5.52. The standard InChI is InChI=1S/C14H26N2O2S/c1-4-12-14(17)16(13(15-12)9-10(2)3)11-5-7-19(18)8-6-11/h10-13,15H,4-9H2,1-3H3. The second-order valence-corrected chi connectivity index (χ2v) is 7.79. The lowest BCUT2D eigenvalue weighted by atomic mass is 10.0. The molecule has 0 spiro atoms. The van der Waals surface area contributed by atoms with Crippen molar-refractivity contribution in [3.8, 4) is 0 Å². The molecule has 2 rings (SSSR count). The Hall–Kier alpha value is -0.420. The van der Waals surface area contributed by atoms with Gasteiger partial charge in [0.25, 0.3) is 0 Å². The average Bonchev–Trinajstić information content (AvgIpc) is 2.66. The molecule has 1 amide bonds. The smallest absolute Gasteiger partial charge is 0.241 e. The molecule has 5 heteroatoms. The van der Waals surface area contributed by atoms with Crippen LogP contribution in [0.15, 0.2) is 0 Å². The third kappa shape index (κ3) is 3.37. The Labute approximate surface area is 118 Å². The summed E-state index contributed by atoms with van der Waals surface area (Å²) in [5.74, 6) is 2.33. The van der Waals surface area contributed by atoms with Crippen LogP contribution in [0.25, 0.3) is 0 Å². The summed E-state index contributed by atoms with van der Waals surface area (Å²) in [5.41, 5.74) is 0. The van der Waals surface area contributed by atoms with E-state index in [1.165, 1.54) is 0 Å². The molecule has 0 saturated carbocycles. The van der Waals surface area contributed by atoms with E-state index in [1.807, 2.05) is 0 Å². The Morgan fingerprint density at radius 1 is 1.37 bits per heavy atom. The number of carbonyl (C=O) groups excluding carboxylic acids is 1. The lowest BCUT2D eigenvalue weighted by Crippen LogP contribution is -2.47. The molecule has 0 aliphatic carbocycles. The van der Waals surface area contributed by atoms with Gasteiger partial charge in [0, 0.05) is 28.3 Å². The van der Waals surface area contributed by atoms with Crippen molar-refractivity contribution in [2.24, 2.45) is 5.92 Å². The van der Waals surface area contributed by atoms with E-state index >= 15 is 0 Å². The molecular weight excluding hydrogens is 260 g/mol. The first kappa shape index (κ1) is 15.0. The maximum Gasteiger partial charge on any atom is 0.241 e. The van der Waals surface area contributed by atoms with E-state index < -0.39 is 10.8 Å². The van der Waals surface area contributed by atoms with Crippen LogP contribution < -0.4 is 5.32 Å². The predicted octanol–water partition coefficient (Wildman–Crippen LogP) is 1.48. The Kier molecular flexibility index (Phi) is 5.01. The molecule has 19 heavy (non-hydrogen) atoms. The van der Waals surface area contributed by atoms with Crippen molar-refractivity contribution in [3.63, 3.8) is 0 Å². The van der Waals surface area contributed by atoms with Gasteiger partial charge in [0.2, 0.25) is 5.91 Å². The van der Waals surface area contributed by atoms with Crippen LogP contribution in [0.4, 0.5) is 0 Å². The Morgan fingerprint density at radius 3 is 2.53 bits per heavy atom. The second kappa shape index (κ2) is 6.35. The fourth-order valence-electron chi connectivity index (χ4n) is 3.13. The van der Waals surface area contributed by atoms with Crippen molar-refractivity contribution in [2.75, 3.05) is 11.5 Å². The molecule has 2 aliphatic rings. The summed E-state index contributed by atoms with van der Waals surface area (Å²) in [6.45, 7) is 6.44. The molecule has 2 fully saturated rings. The van der Waals surface area contributed by atoms with Gasteiger partial charge in [-0.1, -0.05) is 20.8 Å². The highest BCUT2D eigenvalue weighted by Gasteiger charge is 2.42. The minimum absolute atomic E-state index is 0.0174. The van der Waals surface area contributed by atoms with E-state index in [-0.39, 0.29) is 24.2 Å². The van der Waals surface area contributed by atoms with Crippen LogP contribution >= 0.6 is 0 Å². The highest BCUT2D eigenvalue weighted by atomic mass is 32.2. The number of nitrogens with zero attached hydrogens (tertiary/aromatic N) is 1. The number of carbonyl (C=O) groups is 1. The largest absolute Gasteiger partial charge is 0.323 e. The topological polar surface area (TPSA) is 49.4 Å². The zero-order valence-corrected chi connectivity index (χ0v) is 13.0. The first-order chi connectivity index (χ1) is 9.02. The Morgan fingerprint density at radius 2 is 2.00 bits per heavy atom. The molecule has 0 bridgehead atoms. The third-order valence-electron chi connectivity index (χ3n) is 4.14. The number of hydrogen-bond donors (Lipinski definition) is 1. The van der Waals surface area contributed by atoms with Crippen molar-refractivity contribution in [1.29, 1.82) is 0 Å². The molecule has 2 heterocycles. The fourth-order valence-corrected chi connectivity index (χ4v) is 4.41. The molecule has 110 valence electrons. The van der Waals surface area contributed by atoms with Gasteiger partial charge in [-0.25, -0.2) is 0 Å². The van der Waals surface area contributed by atoms with E-state index in [9.17, 15) is 9.00 Å². The van der Waals surface area contributed by atoms with Crippen LogP contribution in [0.2, 0.25) is 0 Å². The van der Waals surface area contributed by atoms with E-state index in [4.69, 9.17) is 0 Å². The fraction of sp³-hybridized carbons (Fsp3) is 0.929. The number of nitrogens with one attached hydrogen (secondary N) is 1. The van der Waals surface area contributed by atoms with Crippen LogP contribution in [0.1, 0.15) is 46.5 Å². The van der Waals surface area contributed by atoms with Gasteiger partial charge >= 0.3 is 0 Å². The zero-order chi connectivity index (χ0) is 14.0. The van der Waals surface area contributed by atoms with Gasteiger partial charge in [0.1, 0.15) is 0 Å². The molecular formula is C14H26N2O2S. The Balaban J connectivity index is 2.09. The summed E-state index contributed by atoms with van der Waals surface area (Å²) in [5, 5.41) is 3.48. The molecule has 0 aromatic heterocycles. The van der Waals surface area contributed by atoms with Crippen LogP contribution in [-0.2, 0) is 15.6 Å². The van der Waals surface area contributed by atoms with E-state index in [1.54, 1.807) is 0 Å². The predicted molar refractivity (Wildman–Crippen MR) is 78.2 cm³/mol. The van der Waals surface area contributed by atoms with Crippen LogP contribution in [0.3, 0.4) is 0 Å². The molecule has 2 unspecified atom stereocenters. The maximum atomic E-state index is 12.5. The SMILES string of the molecule is CCC1NC(CC(C)C)N(C2CCS(=O)CC2)C1=O. The number of hydrogen-bond acceptors (Lipinski definition) is 3. The van der Waals surface area contributed by atoms with Crippen LogP contribution in [0.5, 0.6) is 0 Å². The molecule has 0 aromatic carbocycles. The number of amides is 1. The minimum Gasteiger partial charge on any atom is -0.323 e. The van der Waals surface area contributed by atoms with Crippen LogP contribution in [0, 0.1) is 5.92 Å². The normalized spacial score (nSPS) is 36.2. The van der Waals surface area contributed by atoms with Gasteiger partial charge in [-0.05, 0) is 31.6 Å². The van der Waals surface area contributed by atoms with Gasteiger partial charge in [-0.15, -0.1) is 0 Å². The van der Waals surface area contributed by atoms with E-state index in [0.29, 0.717) is 5.92 Å². The molecule has 0 radical (unpaired) electrons. The van der Waals surface area contributed by atoms with E-state index in [2.05, 4.69) is 31.0 Å². The van der Waals surface area contributed by atoms with Crippen molar-refractivity contribution in [1.82, 2.24) is 10.2 Å². The summed E-state index contributed by atoms with van der Waals surface area (Å²) < 4.78 is 11.5. The summed E-state index contributed by atoms with van der Waals surface area (Å²) in [6, 6.07) is 0.272. The first-order valence-electron chi connectivity index (χ1n) is 7.46. The highest BCUT2D eigenvalue weighted by Crippen LogP contribution is 2.26. The lowest BCUT2D eigenvalue weighted by Gasteiger charge is -2.35. The van der Waals surface area contributed by atoms with Crippen LogP contribution in [-0.4, -0.2) is 44.8 Å². The minimum atomic E-state index is -0.663. The van der Waals surface area contributed by atoms with E-state index in [0.717, 1.165) is 37.2 Å². The molecule has 2 aliphatic heterocycles. The van der Waals surface area contributed by atoms with Crippen molar-refractivity contribution >= 4 is 16.7 Å². The van der Waals surface area contributed by atoms with Gasteiger partial charge in [0.15, 0.2) is 0 Å². The van der Waals surface area contributed by atoms with Crippen molar-refractivity contribution in [2.45, 2.75) is 64.7 Å². The molecule has 4 nitrogen and oxygen atoms in total. The maximum absolute atomic E-state index is 12.5. The summed E-state index contributed by atoms with van der Waals surface area (Å²) in [7, 11) is -0.663. The average molecular weight is 286 g/mol. The Bertz CT molecular complexity index is 349. The first-order valence-corrected chi connectivity index (χ1v) is 8.95. The monoisotopic (exact) mass is 286 g/mol. The summed E-state index contributed by atoms with van der Waals surface area (Å²) in [4.78, 5) is 14.6. The van der Waals surface area contributed by atoms with Crippen molar-refractivity contribution < 1.29 is 9.00 Å². The molecule has 1 N–H and O–H groups in total. The zero-order valence-electron chi connectivity index (χ0n) is 12.2. The van der Waals surface area contributed by atoms with Gasteiger partial charge in [0.05, 0.1) is 12.2 Å². The summed E-state index contributed by atoms with van der Waals surface area (Å²) >= 11 is 0. The molecule has 2 saturated heterocycles. The van der Waals surface area contributed by atoms with Gasteiger partial charge in [-0.3, -0.25) is 14.3 Å². The number of rotatable bonds is 4. The lowest BCUT2D eigenvalue weighted by molar-refractivity contribution is -0.132. The van der Waals surface area contributed by atoms with Gasteiger partial charge < -0.3 is 4.90 Å². The molecule has 0 aromatic rings.